The molecule has 0 spiro atoms. The lowest BCUT2D eigenvalue weighted by molar-refractivity contribution is -0.274. The fourth-order valence-corrected chi connectivity index (χ4v) is 3.89. The number of nitrogens with zero attached hydrogens (tertiary/aromatic N) is 2. The molecule has 0 saturated heterocycles. The molecule has 1 N–H and O–H groups in total. The molecule has 0 bridgehead atoms. The van der Waals surface area contributed by atoms with Crippen LogP contribution in [-0.4, -0.2) is 40.6 Å². The number of aromatic nitrogens is 2. The molecule has 1 aromatic heterocycles. The van der Waals surface area contributed by atoms with E-state index in [0.717, 1.165) is 11.1 Å². The summed E-state index contributed by atoms with van der Waals surface area (Å²) in [5.74, 6) is 0.475. The first-order chi connectivity index (χ1) is 15.4. The normalized spacial score (nSPS) is 15.0. The Morgan fingerprint density at radius 3 is 2.69 bits per heavy atom. The van der Waals surface area contributed by atoms with Gasteiger partial charge in [0.25, 0.3) is 0 Å². The highest BCUT2D eigenvalue weighted by molar-refractivity contribution is 7.99. The van der Waals surface area contributed by atoms with Gasteiger partial charge in [-0.15, -0.1) is 13.2 Å². The molecular weight excluding hydrogens is 443 g/mol. The summed E-state index contributed by atoms with van der Waals surface area (Å²) in [6.07, 6.45) is -1.15. The minimum absolute atomic E-state index is 0.149. The first-order valence-electron chi connectivity index (χ1n) is 9.68. The predicted octanol–water partition coefficient (Wildman–Crippen LogP) is 4.25. The molecule has 10 heteroatoms. The van der Waals surface area contributed by atoms with Crippen molar-refractivity contribution in [3.8, 4) is 22.6 Å². The number of rotatable bonds is 7. The Labute approximate surface area is 186 Å². The molecule has 1 aliphatic heterocycles. The van der Waals surface area contributed by atoms with Gasteiger partial charge in [-0.1, -0.05) is 30.0 Å². The summed E-state index contributed by atoms with van der Waals surface area (Å²) in [7, 11) is 0. The van der Waals surface area contributed by atoms with Gasteiger partial charge in [0.15, 0.2) is 5.16 Å². The summed E-state index contributed by atoms with van der Waals surface area (Å²) >= 11 is 1.25. The number of hydrogen-bond donors (Lipinski definition) is 1. The molecule has 0 aliphatic carbocycles. The molecule has 1 amide bonds. The highest BCUT2D eigenvalue weighted by atomic mass is 32.2. The van der Waals surface area contributed by atoms with Gasteiger partial charge < -0.3 is 14.8 Å². The van der Waals surface area contributed by atoms with E-state index >= 15 is 0 Å². The maximum absolute atomic E-state index is 12.5. The lowest BCUT2D eigenvalue weighted by Crippen LogP contribution is -2.35. The highest BCUT2D eigenvalue weighted by Crippen LogP contribution is 2.34. The molecule has 3 aromatic rings. The van der Waals surface area contributed by atoms with Crippen LogP contribution in [-0.2, 0) is 11.2 Å². The Bertz CT molecular complexity index is 1100. The number of ether oxygens (including phenoxy) is 2. The van der Waals surface area contributed by atoms with E-state index in [1.54, 1.807) is 36.7 Å². The molecule has 1 atom stereocenters. The van der Waals surface area contributed by atoms with Crippen LogP contribution in [0.15, 0.2) is 66.1 Å². The zero-order chi connectivity index (χ0) is 22.6. The van der Waals surface area contributed by atoms with Gasteiger partial charge in [-0.25, -0.2) is 9.97 Å². The largest absolute Gasteiger partial charge is 0.573 e. The van der Waals surface area contributed by atoms with Gasteiger partial charge in [-0.05, 0) is 47.0 Å². The second kappa shape index (κ2) is 9.47. The van der Waals surface area contributed by atoms with Gasteiger partial charge in [0.2, 0.25) is 5.91 Å². The quantitative estimate of drug-likeness (QED) is 0.419. The number of fused-ring (bicyclic) bond motifs is 1. The molecule has 0 saturated carbocycles. The van der Waals surface area contributed by atoms with E-state index in [4.69, 9.17) is 4.74 Å². The summed E-state index contributed by atoms with van der Waals surface area (Å²) in [5, 5.41) is 3.37. The number of alkyl halides is 3. The van der Waals surface area contributed by atoms with Gasteiger partial charge in [-0.2, -0.15) is 0 Å². The van der Waals surface area contributed by atoms with Gasteiger partial charge in [0, 0.05) is 18.8 Å². The monoisotopic (exact) mass is 461 g/mol. The van der Waals surface area contributed by atoms with Crippen LogP contribution in [0.3, 0.4) is 0 Å². The second-order valence-electron chi connectivity index (χ2n) is 6.97. The molecule has 32 heavy (non-hydrogen) atoms. The van der Waals surface area contributed by atoms with Crippen LogP contribution in [0.5, 0.6) is 11.5 Å². The minimum atomic E-state index is -4.74. The molecule has 4 rings (SSSR count). The highest BCUT2D eigenvalue weighted by Gasteiger charge is 2.31. The molecule has 1 aliphatic rings. The van der Waals surface area contributed by atoms with Crippen LogP contribution in [0.1, 0.15) is 5.56 Å². The van der Waals surface area contributed by atoms with Crippen molar-refractivity contribution in [1.82, 2.24) is 15.3 Å². The van der Waals surface area contributed by atoms with Crippen LogP contribution in [0, 0.1) is 0 Å². The summed E-state index contributed by atoms with van der Waals surface area (Å²) in [6, 6.07) is 13.0. The Balaban J connectivity index is 1.33. The number of carbonyl (C=O) groups is 1. The van der Waals surface area contributed by atoms with Gasteiger partial charge in [0.1, 0.15) is 17.6 Å². The van der Waals surface area contributed by atoms with Gasteiger partial charge in [-0.3, -0.25) is 4.79 Å². The fraction of sp³-hybridized carbons (Fsp3) is 0.227. The molecule has 0 fully saturated rings. The number of carbonyl (C=O) groups excluding carboxylic acids is 1. The summed E-state index contributed by atoms with van der Waals surface area (Å²) < 4.78 is 47.3. The van der Waals surface area contributed by atoms with Crippen molar-refractivity contribution in [3.63, 3.8) is 0 Å². The number of hydrogen-bond acceptors (Lipinski definition) is 6. The second-order valence-corrected chi connectivity index (χ2v) is 7.91. The number of halogens is 3. The van der Waals surface area contributed by atoms with Gasteiger partial charge in [0.05, 0.1) is 12.3 Å². The third kappa shape index (κ3) is 5.91. The van der Waals surface area contributed by atoms with E-state index in [0.29, 0.717) is 29.4 Å². The van der Waals surface area contributed by atoms with E-state index < -0.39 is 6.36 Å². The zero-order valence-electron chi connectivity index (χ0n) is 16.6. The van der Waals surface area contributed by atoms with Gasteiger partial charge >= 0.3 is 6.36 Å². The number of nitrogens with one attached hydrogen (secondary N) is 1. The van der Waals surface area contributed by atoms with Crippen LogP contribution < -0.4 is 14.8 Å². The smallest absolute Gasteiger partial charge is 0.488 e. The van der Waals surface area contributed by atoms with E-state index in [1.807, 2.05) is 6.07 Å². The number of benzene rings is 2. The molecule has 2 heterocycles. The van der Waals surface area contributed by atoms with Crippen molar-refractivity contribution in [3.05, 3.63) is 66.5 Å². The Hall–Kier alpha value is -3.27. The van der Waals surface area contributed by atoms with Crippen LogP contribution in [0.2, 0.25) is 0 Å². The standard InChI is InChI=1S/C22H18F3N3O3S/c23-22(24,25)31-17-4-1-3-14(10-17)15-5-6-19-16(9-15)11-18(30-19)12-28-20(29)13-32-21-26-7-2-8-27-21/h1-10,18H,11-13H2,(H,28,29)/t18-/m1/s1. The topological polar surface area (TPSA) is 73.3 Å². The maximum atomic E-state index is 12.5. The number of amides is 1. The van der Waals surface area contributed by atoms with Crippen LogP contribution >= 0.6 is 11.8 Å². The third-order valence-corrected chi connectivity index (χ3v) is 5.48. The molecular formula is C22H18F3N3O3S. The molecule has 0 radical (unpaired) electrons. The lowest BCUT2D eigenvalue weighted by atomic mass is 10.0. The van der Waals surface area contributed by atoms with Crippen molar-refractivity contribution in [2.45, 2.75) is 24.0 Å². The Kier molecular flexibility index (Phi) is 6.50. The summed E-state index contributed by atoms with van der Waals surface area (Å²) in [4.78, 5) is 20.2. The first kappa shape index (κ1) is 21.9. The van der Waals surface area contributed by atoms with Crippen molar-refractivity contribution < 1.29 is 27.4 Å². The van der Waals surface area contributed by atoms with E-state index in [2.05, 4.69) is 20.0 Å². The van der Waals surface area contributed by atoms with Crippen molar-refractivity contribution in [1.29, 1.82) is 0 Å². The Morgan fingerprint density at radius 1 is 1.12 bits per heavy atom. The minimum Gasteiger partial charge on any atom is -0.488 e. The van der Waals surface area contributed by atoms with Crippen LogP contribution in [0.25, 0.3) is 11.1 Å². The molecule has 6 nitrogen and oxygen atoms in total. The summed E-state index contributed by atoms with van der Waals surface area (Å²) in [6.45, 7) is 0.341. The number of thioether (sulfide) groups is 1. The zero-order valence-corrected chi connectivity index (χ0v) is 17.4. The average molecular weight is 461 g/mol. The Morgan fingerprint density at radius 2 is 1.91 bits per heavy atom. The van der Waals surface area contributed by atoms with E-state index in [-0.39, 0.29) is 23.5 Å². The maximum Gasteiger partial charge on any atom is 0.573 e. The van der Waals surface area contributed by atoms with Crippen molar-refractivity contribution >= 4 is 17.7 Å². The van der Waals surface area contributed by atoms with Crippen molar-refractivity contribution in [2.24, 2.45) is 0 Å². The molecule has 166 valence electrons. The molecule has 0 unspecified atom stereocenters. The lowest BCUT2D eigenvalue weighted by Gasteiger charge is -2.11. The third-order valence-electron chi connectivity index (χ3n) is 4.60. The summed E-state index contributed by atoms with van der Waals surface area (Å²) in [5.41, 5.74) is 2.28. The SMILES string of the molecule is O=C(CSc1ncccn1)NC[C@H]1Cc2cc(-c3cccc(OC(F)(F)F)c3)ccc2O1. The predicted molar refractivity (Wildman–Crippen MR) is 112 cm³/mol. The molecule has 2 aromatic carbocycles. The van der Waals surface area contributed by atoms with E-state index in [9.17, 15) is 18.0 Å². The van der Waals surface area contributed by atoms with E-state index in [1.165, 1.54) is 30.0 Å². The fourth-order valence-electron chi connectivity index (χ4n) is 3.26. The van der Waals surface area contributed by atoms with Crippen molar-refractivity contribution in [2.75, 3.05) is 12.3 Å². The average Bonchev–Trinajstić information content (AvgIpc) is 3.18. The first-order valence-corrected chi connectivity index (χ1v) is 10.7. The van der Waals surface area contributed by atoms with Crippen LogP contribution in [0.4, 0.5) is 13.2 Å².